The van der Waals surface area contributed by atoms with E-state index in [4.69, 9.17) is 5.84 Å². The van der Waals surface area contributed by atoms with Crippen molar-refractivity contribution in [2.45, 2.75) is 0 Å². The van der Waals surface area contributed by atoms with E-state index in [0.717, 1.165) is 22.6 Å². The normalized spacial score (nSPS) is 10.7. The first-order valence-electron chi connectivity index (χ1n) is 5.58. The summed E-state index contributed by atoms with van der Waals surface area (Å²) >= 11 is 0. The second-order valence-corrected chi connectivity index (χ2v) is 4.04. The molecule has 0 aliphatic heterocycles. The molecule has 0 radical (unpaired) electrons. The highest BCUT2D eigenvalue weighted by Gasteiger charge is 2.08. The molecule has 3 aromatic rings. The number of anilines is 1. The van der Waals surface area contributed by atoms with Crippen molar-refractivity contribution in [2.24, 2.45) is 5.84 Å². The van der Waals surface area contributed by atoms with E-state index in [0.29, 0.717) is 16.8 Å². The van der Waals surface area contributed by atoms with Crippen LogP contribution in [0.1, 0.15) is 10.4 Å². The van der Waals surface area contributed by atoms with Gasteiger partial charge in [0.2, 0.25) is 0 Å². The van der Waals surface area contributed by atoms with Gasteiger partial charge in [-0.1, -0.05) is 24.3 Å². The number of carbonyl (C=O) groups excluding carboxylic acids is 1. The highest BCUT2D eigenvalue weighted by molar-refractivity contribution is 6.03. The van der Waals surface area contributed by atoms with Crippen LogP contribution < -0.4 is 11.3 Å². The maximum atomic E-state index is 11.0. The Labute approximate surface area is 103 Å². The summed E-state index contributed by atoms with van der Waals surface area (Å²) in [5.74, 6) is 5.49. The molecule has 0 fully saturated rings. The van der Waals surface area contributed by atoms with E-state index in [-0.39, 0.29) is 0 Å². The molecule has 18 heavy (non-hydrogen) atoms. The van der Waals surface area contributed by atoms with Crippen LogP contribution in [-0.2, 0) is 0 Å². The number of hydrogen-bond acceptors (Lipinski definition) is 4. The molecule has 0 saturated carbocycles. The average molecular weight is 237 g/mol. The van der Waals surface area contributed by atoms with Crippen LogP contribution >= 0.6 is 0 Å². The highest BCUT2D eigenvalue weighted by Crippen LogP contribution is 2.27. The zero-order chi connectivity index (χ0) is 12.5. The number of benzene rings is 2. The third kappa shape index (κ3) is 1.51. The molecule has 0 bridgehead atoms. The SMILES string of the molecule is NNc1c(C=O)ccc2cc3ccccc3nc12. The minimum atomic E-state index is 0.507. The van der Waals surface area contributed by atoms with E-state index in [1.54, 1.807) is 6.07 Å². The number of aldehydes is 1. The van der Waals surface area contributed by atoms with Gasteiger partial charge in [-0.15, -0.1) is 0 Å². The van der Waals surface area contributed by atoms with E-state index < -0.39 is 0 Å². The summed E-state index contributed by atoms with van der Waals surface area (Å²) in [6.07, 6.45) is 0.769. The summed E-state index contributed by atoms with van der Waals surface area (Å²) in [7, 11) is 0. The molecule has 0 saturated heterocycles. The molecule has 0 aliphatic carbocycles. The van der Waals surface area contributed by atoms with Crippen molar-refractivity contribution in [3.8, 4) is 0 Å². The van der Waals surface area contributed by atoms with Gasteiger partial charge in [-0.2, -0.15) is 0 Å². The number of aromatic nitrogens is 1. The second-order valence-electron chi connectivity index (χ2n) is 4.04. The van der Waals surface area contributed by atoms with Gasteiger partial charge in [-0.3, -0.25) is 10.6 Å². The van der Waals surface area contributed by atoms with Crippen molar-refractivity contribution in [2.75, 3.05) is 5.43 Å². The van der Waals surface area contributed by atoms with Gasteiger partial charge in [-0.25, -0.2) is 4.98 Å². The van der Waals surface area contributed by atoms with Gasteiger partial charge in [0.25, 0.3) is 0 Å². The van der Waals surface area contributed by atoms with Crippen LogP contribution in [-0.4, -0.2) is 11.3 Å². The van der Waals surface area contributed by atoms with Crippen LogP contribution in [0.2, 0.25) is 0 Å². The first-order chi connectivity index (χ1) is 8.83. The number of nitrogens with zero attached hydrogens (tertiary/aromatic N) is 1. The molecule has 0 aliphatic rings. The van der Waals surface area contributed by atoms with Gasteiger partial charge in [0.05, 0.1) is 16.7 Å². The van der Waals surface area contributed by atoms with Crippen molar-refractivity contribution < 1.29 is 4.79 Å². The molecule has 4 nitrogen and oxygen atoms in total. The molecule has 0 amide bonds. The number of rotatable bonds is 2. The maximum absolute atomic E-state index is 11.0. The smallest absolute Gasteiger partial charge is 0.152 e. The quantitative estimate of drug-likeness (QED) is 0.311. The molecule has 4 heteroatoms. The Hall–Kier alpha value is -2.46. The van der Waals surface area contributed by atoms with Gasteiger partial charge >= 0.3 is 0 Å². The van der Waals surface area contributed by atoms with Gasteiger partial charge < -0.3 is 5.43 Å². The van der Waals surface area contributed by atoms with Crippen LogP contribution in [0.15, 0.2) is 42.5 Å². The molecule has 0 unspecified atom stereocenters. The number of hydrogen-bond donors (Lipinski definition) is 2. The second kappa shape index (κ2) is 4.09. The molecule has 1 heterocycles. The summed E-state index contributed by atoms with van der Waals surface area (Å²) in [5.41, 5.74) is 5.22. The summed E-state index contributed by atoms with van der Waals surface area (Å²) in [6, 6.07) is 13.5. The lowest BCUT2D eigenvalue weighted by Crippen LogP contribution is -2.10. The Balaban J connectivity index is 2.46. The number of fused-ring (bicyclic) bond motifs is 2. The Morgan fingerprint density at radius 1 is 1.11 bits per heavy atom. The van der Waals surface area contributed by atoms with E-state index in [9.17, 15) is 4.79 Å². The molecule has 2 aromatic carbocycles. The number of pyridine rings is 1. The number of para-hydroxylation sites is 1. The fourth-order valence-corrected chi connectivity index (χ4v) is 2.11. The molecule has 3 rings (SSSR count). The lowest BCUT2D eigenvalue weighted by molar-refractivity contribution is 0.112. The molecular formula is C14H11N3O. The zero-order valence-electron chi connectivity index (χ0n) is 9.55. The summed E-state index contributed by atoms with van der Waals surface area (Å²) in [5, 5.41) is 2.01. The first-order valence-corrected chi connectivity index (χ1v) is 5.58. The van der Waals surface area contributed by atoms with Crippen molar-refractivity contribution in [3.05, 3.63) is 48.0 Å². The van der Waals surface area contributed by atoms with Gasteiger partial charge in [0, 0.05) is 16.3 Å². The Kier molecular flexibility index (Phi) is 2.42. The monoisotopic (exact) mass is 237 g/mol. The predicted octanol–water partition coefficient (Wildman–Crippen LogP) is 2.49. The average Bonchev–Trinajstić information content (AvgIpc) is 2.43. The third-order valence-electron chi connectivity index (χ3n) is 2.99. The largest absolute Gasteiger partial charge is 0.322 e. The van der Waals surface area contributed by atoms with Gasteiger partial charge in [-0.05, 0) is 18.2 Å². The Morgan fingerprint density at radius 2 is 1.94 bits per heavy atom. The van der Waals surface area contributed by atoms with Crippen LogP contribution in [0.3, 0.4) is 0 Å². The number of nitrogens with one attached hydrogen (secondary N) is 1. The summed E-state index contributed by atoms with van der Waals surface area (Å²) in [6.45, 7) is 0. The maximum Gasteiger partial charge on any atom is 0.152 e. The van der Waals surface area contributed by atoms with Crippen LogP contribution in [0.4, 0.5) is 5.69 Å². The zero-order valence-corrected chi connectivity index (χ0v) is 9.55. The molecule has 3 N–H and O–H groups in total. The Bertz CT molecular complexity index is 752. The minimum absolute atomic E-state index is 0.507. The van der Waals surface area contributed by atoms with Crippen molar-refractivity contribution >= 4 is 33.8 Å². The molecular weight excluding hydrogens is 226 g/mol. The number of hydrazine groups is 1. The standard InChI is InChI=1S/C14H11N3O/c15-17-14-11(8-18)6-5-10-7-9-3-1-2-4-12(9)16-13(10)14/h1-8,17H,15H2. The fourth-order valence-electron chi connectivity index (χ4n) is 2.11. The molecule has 0 atom stereocenters. The van der Waals surface area contributed by atoms with E-state index in [2.05, 4.69) is 10.4 Å². The van der Waals surface area contributed by atoms with Crippen LogP contribution in [0, 0.1) is 0 Å². The lowest BCUT2D eigenvalue weighted by Gasteiger charge is -2.09. The number of nitrogens with two attached hydrogens (primary N) is 1. The van der Waals surface area contributed by atoms with E-state index in [1.807, 2.05) is 36.4 Å². The van der Waals surface area contributed by atoms with Gasteiger partial charge in [0.1, 0.15) is 0 Å². The fraction of sp³-hybridized carbons (Fsp3) is 0. The van der Waals surface area contributed by atoms with Gasteiger partial charge in [0.15, 0.2) is 6.29 Å². The lowest BCUT2D eigenvalue weighted by atomic mass is 10.1. The summed E-state index contributed by atoms with van der Waals surface area (Å²) in [4.78, 5) is 15.5. The third-order valence-corrected chi connectivity index (χ3v) is 2.99. The molecule has 0 spiro atoms. The highest BCUT2D eigenvalue weighted by atomic mass is 16.1. The predicted molar refractivity (Wildman–Crippen MR) is 72.4 cm³/mol. The minimum Gasteiger partial charge on any atom is -0.322 e. The van der Waals surface area contributed by atoms with Crippen molar-refractivity contribution in [1.82, 2.24) is 4.98 Å². The van der Waals surface area contributed by atoms with E-state index in [1.165, 1.54) is 0 Å². The number of carbonyl (C=O) groups is 1. The molecule has 1 aromatic heterocycles. The van der Waals surface area contributed by atoms with Crippen molar-refractivity contribution in [1.29, 1.82) is 0 Å². The van der Waals surface area contributed by atoms with Crippen molar-refractivity contribution in [3.63, 3.8) is 0 Å². The molecule has 88 valence electrons. The Morgan fingerprint density at radius 3 is 2.72 bits per heavy atom. The number of nitrogen functional groups attached to an aromatic ring is 1. The van der Waals surface area contributed by atoms with Crippen LogP contribution in [0.5, 0.6) is 0 Å². The van der Waals surface area contributed by atoms with E-state index >= 15 is 0 Å². The topological polar surface area (TPSA) is 68.0 Å². The first kappa shape index (κ1) is 10.7. The van der Waals surface area contributed by atoms with Crippen LogP contribution in [0.25, 0.3) is 21.8 Å². The summed E-state index contributed by atoms with van der Waals surface area (Å²) < 4.78 is 0.